The molecule has 2 fully saturated rings. The van der Waals surface area contributed by atoms with E-state index < -0.39 is 82.0 Å². The van der Waals surface area contributed by atoms with E-state index in [4.69, 9.17) is 34.5 Å². The van der Waals surface area contributed by atoms with Gasteiger partial charge in [0.25, 0.3) is 5.56 Å². The zero-order chi connectivity index (χ0) is 32.2. The molecule has 0 radical (unpaired) electrons. The summed E-state index contributed by atoms with van der Waals surface area (Å²) in [5.74, 6) is -0.239. The molecular weight excluding hydrogens is 688 g/mol. The lowest BCUT2D eigenvalue weighted by molar-refractivity contribution is -0.0518. The second-order valence-corrected chi connectivity index (χ2v) is 14.5. The van der Waals surface area contributed by atoms with Gasteiger partial charge < -0.3 is 30.6 Å². The van der Waals surface area contributed by atoms with Crippen molar-refractivity contribution in [1.82, 2.24) is 39.0 Å². The van der Waals surface area contributed by atoms with Crippen molar-refractivity contribution in [3.8, 4) is 0 Å². The number of aliphatic hydroxyl groups excluding tert-OH is 1. The maximum absolute atomic E-state index is 15.7. The highest BCUT2D eigenvalue weighted by molar-refractivity contribution is 8.44. The summed E-state index contributed by atoms with van der Waals surface area (Å²) >= 11 is 7.68. The van der Waals surface area contributed by atoms with Gasteiger partial charge in [-0.1, -0.05) is 24.5 Å². The van der Waals surface area contributed by atoms with Gasteiger partial charge in [0.05, 0.1) is 25.9 Å². The van der Waals surface area contributed by atoms with Crippen LogP contribution in [0.15, 0.2) is 23.8 Å². The van der Waals surface area contributed by atoms with E-state index in [0.29, 0.717) is 0 Å². The van der Waals surface area contributed by atoms with Crippen molar-refractivity contribution in [2.45, 2.75) is 49.2 Å². The summed E-state index contributed by atoms with van der Waals surface area (Å²) in [4.78, 5) is 34.4. The quantitative estimate of drug-likeness (QED) is 0.0978. The molecule has 19 nitrogen and oxygen atoms in total. The smallest absolute Gasteiger partial charge is 0.386 e. The number of hydrogen-bond donors (Lipinski definition) is 6. The van der Waals surface area contributed by atoms with Crippen LogP contribution < -0.4 is 17.0 Å². The summed E-state index contributed by atoms with van der Waals surface area (Å²) < 4.78 is 86.0. The van der Waals surface area contributed by atoms with Gasteiger partial charge in [-0.15, -0.1) is 0 Å². The largest absolute Gasteiger partial charge is 0.394 e. The van der Waals surface area contributed by atoms with Gasteiger partial charge in [0.1, 0.15) is 36.3 Å². The molecule has 6 heterocycles. The molecule has 6 rings (SSSR count). The van der Waals surface area contributed by atoms with Crippen LogP contribution in [0.4, 0.5) is 20.5 Å². The van der Waals surface area contributed by atoms with Crippen molar-refractivity contribution >= 4 is 72.6 Å². The first-order chi connectivity index (χ1) is 21.4. The SMILES string of the molecule is Nc1nc2c(ncn2C2O[C@H](CO)[C@@H](F)[C@H]2OP(=O)(S)OC[C@H]2O[C@@H](n3cnc4c(N)ncnc43)[C@@H](F)[C@@H]2O[PH](=O)S)c(=O)[nH]1. The second kappa shape index (κ2) is 12.5. The molecule has 244 valence electrons. The zero-order valence-electron chi connectivity index (χ0n) is 22.4. The number of rotatable bonds is 10. The van der Waals surface area contributed by atoms with Gasteiger partial charge in [0.15, 0.2) is 47.4 Å². The molecule has 6 N–H and O–H groups in total. The van der Waals surface area contributed by atoms with Crippen LogP contribution in [-0.2, 0) is 32.2 Å². The number of aliphatic hydroxyl groups is 1. The fraction of sp³-hybridized carbons (Fsp3) is 0.500. The molecular formula is C20H24F2N10O9P2S2. The van der Waals surface area contributed by atoms with Crippen LogP contribution in [0.3, 0.4) is 0 Å². The van der Waals surface area contributed by atoms with E-state index in [2.05, 4.69) is 54.4 Å². The molecule has 2 aliphatic rings. The second-order valence-electron chi connectivity index (χ2n) is 9.74. The Bertz CT molecular complexity index is 1870. The molecule has 0 saturated carbocycles. The predicted octanol–water partition coefficient (Wildman–Crippen LogP) is 0.732. The minimum Gasteiger partial charge on any atom is -0.394 e. The predicted molar refractivity (Wildman–Crippen MR) is 157 cm³/mol. The Balaban J connectivity index is 1.22. The van der Waals surface area contributed by atoms with Crippen LogP contribution in [0.2, 0.25) is 0 Å². The number of alkyl halides is 2. The van der Waals surface area contributed by atoms with Crippen LogP contribution in [-0.4, -0.2) is 94.1 Å². The van der Waals surface area contributed by atoms with E-state index in [1.54, 1.807) is 0 Å². The Labute approximate surface area is 260 Å². The highest BCUT2D eigenvalue weighted by atomic mass is 32.7. The molecule has 0 aliphatic carbocycles. The lowest BCUT2D eigenvalue weighted by atomic mass is 10.1. The highest BCUT2D eigenvalue weighted by Crippen LogP contribution is 2.57. The van der Waals surface area contributed by atoms with Gasteiger partial charge in [-0.25, -0.2) is 33.3 Å². The van der Waals surface area contributed by atoms with Gasteiger partial charge in [-0.05, 0) is 0 Å². The maximum Gasteiger partial charge on any atom is 0.386 e. The Hall–Kier alpha value is -2.72. The number of thiol groups is 2. The third-order valence-electron chi connectivity index (χ3n) is 6.99. The van der Waals surface area contributed by atoms with E-state index in [-0.39, 0.29) is 34.1 Å². The number of halogens is 2. The van der Waals surface area contributed by atoms with Gasteiger partial charge in [0, 0.05) is 0 Å². The minimum absolute atomic E-state index is 0.0342. The highest BCUT2D eigenvalue weighted by Gasteiger charge is 2.52. The van der Waals surface area contributed by atoms with E-state index in [1.165, 1.54) is 10.9 Å². The summed E-state index contributed by atoms with van der Waals surface area (Å²) in [7, 11) is -3.02. The summed E-state index contributed by atoms with van der Waals surface area (Å²) in [5, 5.41) is 9.65. The van der Waals surface area contributed by atoms with Crippen molar-refractivity contribution in [3.63, 3.8) is 0 Å². The molecule has 0 amide bonds. The number of H-pyrrole nitrogens is 1. The summed E-state index contributed by atoms with van der Waals surface area (Å²) in [6, 6.07) is 0. The summed E-state index contributed by atoms with van der Waals surface area (Å²) in [6.45, 7) is -6.06. The molecule has 25 heteroatoms. The molecule has 0 bridgehead atoms. The molecule has 0 aromatic carbocycles. The molecule has 2 aliphatic heterocycles. The molecule has 0 spiro atoms. The number of hydrogen-bond acceptors (Lipinski definition) is 16. The maximum atomic E-state index is 15.7. The monoisotopic (exact) mass is 712 g/mol. The first-order valence-electron chi connectivity index (χ1n) is 12.8. The Morgan fingerprint density at radius 2 is 1.73 bits per heavy atom. The summed E-state index contributed by atoms with van der Waals surface area (Å²) in [5.41, 5.74) is 10.8. The van der Waals surface area contributed by atoms with Crippen molar-refractivity contribution in [3.05, 3.63) is 29.3 Å². The van der Waals surface area contributed by atoms with Crippen LogP contribution in [0.5, 0.6) is 0 Å². The van der Waals surface area contributed by atoms with E-state index in [0.717, 1.165) is 17.2 Å². The number of aromatic amines is 1. The number of aromatic nitrogens is 8. The fourth-order valence-corrected chi connectivity index (χ4v) is 7.36. The molecule has 4 aromatic heterocycles. The van der Waals surface area contributed by atoms with Crippen LogP contribution in [0.1, 0.15) is 12.5 Å². The number of nitrogens with two attached hydrogens (primary N) is 2. The van der Waals surface area contributed by atoms with Gasteiger partial charge in [-0.2, -0.15) is 4.98 Å². The van der Waals surface area contributed by atoms with Crippen LogP contribution >= 0.6 is 38.5 Å². The third-order valence-corrected chi connectivity index (χ3v) is 9.40. The fourth-order valence-electron chi connectivity index (χ4n) is 5.02. The lowest BCUT2D eigenvalue weighted by Crippen LogP contribution is -2.33. The van der Waals surface area contributed by atoms with E-state index in [1.807, 2.05) is 0 Å². The van der Waals surface area contributed by atoms with Gasteiger partial charge in [0.2, 0.25) is 13.2 Å². The number of ether oxygens (including phenoxy) is 2. The standard InChI is InChI=1S/C20H24F2N10O9P2S2/c21-8-6(1-33)38-19(32-5-28-11-16(32)29-20(24)30-17(11)34)13(8)41-43(36,45)37-2-7-12(40-42(35)44)9(22)18(39-7)31-4-27-10-14(23)25-3-26-15(10)31/h3-9,12-13,18-19,33,42H,1-2H2,(H,35,44)(H,36,45)(H2,23,25,26)(H3,24,29,30,34)/t6-,7-,8-,9+,12-,13-,18-,19?,43?/m1/s1. The minimum atomic E-state index is -4.55. The molecule has 2 saturated heterocycles. The Morgan fingerprint density at radius 1 is 1.04 bits per heavy atom. The van der Waals surface area contributed by atoms with E-state index in [9.17, 15) is 19.0 Å². The topological polar surface area (TPSA) is 260 Å². The zero-order valence-corrected chi connectivity index (χ0v) is 26.0. The number of nitrogens with one attached hydrogen (secondary N) is 1. The number of nitrogens with zero attached hydrogens (tertiary/aromatic N) is 7. The van der Waals surface area contributed by atoms with Crippen molar-refractivity contribution in [2.24, 2.45) is 0 Å². The number of fused-ring (bicyclic) bond motifs is 2. The van der Waals surface area contributed by atoms with Crippen LogP contribution in [0, 0.1) is 0 Å². The average Bonchev–Trinajstić information content (AvgIpc) is 3.73. The van der Waals surface area contributed by atoms with Crippen LogP contribution in [0.25, 0.3) is 22.3 Å². The number of anilines is 2. The van der Waals surface area contributed by atoms with E-state index >= 15 is 8.78 Å². The molecule has 4 aromatic rings. The van der Waals surface area contributed by atoms with Crippen molar-refractivity contribution in [2.75, 3.05) is 24.7 Å². The third kappa shape index (κ3) is 6.09. The number of nitrogen functional groups attached to an aromatic ring is 2. The Kier molecular flexibility index (Phi) is 8.93. The number of imidazole rings is 2. The molecule has 10 atom stereocenters. The average molecular weight is 713 g/mol. The van der Waals surface area contributed by atoms with Crippen molar-refractivity contribution in [1.29, 1.82) is 0 Å². The van der Waals surface area contributed by atoms with Gasteiger partial charge >= 0.3 is 6.80 Å². The van der Waals surface area contributed by atoms with Crippen molar-refractivity contribution < 1.29 is 46.1 Å². The summed E-state index contributed by atoms with van der Waals surface area (Å²) in [6.07, 6.45) is -9.67. The lowest BCUT2D eigenvalue weighted by Gasteiger charge is -2.25. The molecule has 3 unspecified atom stereocenters. The first-order valence-corrected chi connectivity index (χ1v) is 18.1. The molecule has 45 heavy (non-hydrogen) atoms. The van der Waals surface area contributed by atoms with Gasteiger partial charge in [-0.3, -0.25) is 32.5 Å². The normalized spacial score (nSPS) is 30.7. The first kappa shape index (κ1) is 32.2. The Morgan fingerprint density at radius 3 is 2.44 bits per heavy atom.